The highest BCUT2D eigenvalue weighted by atomic mass is 16.5. The van der Waals surface area contributed by atoms with E-state index in [-0.39, 0.29) is 11.6 Å². The summed E-state index contributed by atoms with van der Waals surface area (Å²) < 4.78 is 11.6. The van der Waals surface area contributed by atoms with Gasteiger partial charge in [-0.25, -0.2) is 0 Å². The molecule has 1 aliphatic heterocycles. The topological polar surface area (TPSA) is 56.5 Å². The minimum atomic E-state index is -0.168. The van der Waals surface area contributed by atoms with Crippen molar-refractivity contribution >= 4 is 0 Å². The molecule has 0 saturated carbocycles. The first-order chi connectivity index (χ1) is 10.3. The zero-order valence-electron chi connectivity index (χ0n) is 13.0. The zero-order valence-corrected chi connectivity index (χ0v) is 13.0. The van der Waals surface area contributed by atoms with Gasteiger partial charge in [0.1, 0.15) is 0 Å². The third-order valence-electron chi connectivity index (χ3n) is 4.41. The summed E-state index contributed by atoms with van der Waals surface area (Å²) >= 11 is 0. The highest BCUT2D eigenvalue weighted by Crippen LogP contribution is 2.31. The van der Waals surface area contributed by atoms with Gasteiger partial charge in [0.25, 0.3) is 0 Å². The van der Waals surface area contributed by atoms with Crippen LogP contribution in [0.1, 0.15) is 38.2 Å². The Morgan fingerprint density at radius 3 is 2.62 bits per heavy atom. The molecule has 0 aliphatic carbocycles. The van der Waals surface area contributed by atoms with Gasteiger partial charge >= 0.3 is 0 Å². The molecule has 0 aromatic heterocycles. The van der Waals surface area contributed by atoms with Gasteiger partial charge in [-0.2, -0.15) is 0 Å². The van der Waals surface area contributed by atoms with Gasteiger partial charge in [0.2, 0.25) is 0 Å². The number of hydrogen-bond donors (Lipinski definition) is 2. The van der Waals surface area contributed by atoms with Crippen LogP contribution in [0, 0.1) is 0 Å². The maximum Gasteiger partial charge on any atom is 0.0891 e. The van der Waals surface area contributed by atoms with Gasteiger partial charge in [-0.05, 0) is 31.7 Å². The minimum absolute atomic E-state index is 0.168. The summed E-state index contributed by atoms with van der Waals surface area (Å²) in [5.41, 5.74) is 4.22. The van der Waals surface area contributed by atoms with Gasteiger partial charge in [-0.3, -0.25) is 11.3 Å². The number of aryl methyl sites for hydroxylation is 1. The normalized spacial score (nSPS) is 19.3. The second kappa shape index (κ2) is 8.49. The van der Waals surface area contributed by atoms with E-state index < -0.39 is 0 Å². The molecule has 1 saturated heterocycles. The van der Waals surface area contributed by atoms with E-state index in [2.05, 4.69) is 42.7 Å². The monoisotopic (exact) mass is 292 g/mol. The van der Waals surface area contributed by atoms with Crippen LogP contribution in [0.15, 0.2) is 30.3 Å². The molecule has 118 valence electrons. The molecule has 4 nitrogen and oxygen atoms in total. The highest BCUT2D eigenvalue weighted by molar-refractivity contribution is 5.14. The van der Waals surface area contributed by atoms with Crippen LogP contribution < -0.4 is 11.3 Å². The average Bonchev–Trinajstić information content (AvgIpc) is 2.54. The van der Waals surface area contributed by atoms with E-state index in [1.54, 1.807) is 0 Å². The molecule has 1 aliphatic rings. The molecule has 4 heteroatoms. The summed E-state index contributed by atoms with van der Waals surface area (Å²) in [5.74, 6) is 5.83. The Morgan fingerprint density at radius 2 is 2.00 bits per heavy atom. The molecule has 1 aromatic carbocycles. The standard InChI is InChI=1S/C17H28N2O2/c1-2-21-17(11-13-20-14-12-17)16(19-18)10-6-9-15-7-4-3-5-8-15/h3-5,7-8,16,19H,2,6,9-14,18H2,1H3. The van der Waals surface area contributed by atoms with Crippen molar-refractivity contribution in [3.8, 4) is 0 Å². The van der Waals surface area contributed by atoms with E-state index >= 15 is 0 Å². The molecular formula is C17H28N2O2. The molecule has 1 unspecified atom stereocenters. The van der Waals surface area contributed by atoms with E-state index in [1.165, 1.54) is 5.56 Å². The van der Waals surface area contributed by atoms with Crippen LogP contribution in [-0.2, 0) is 15.9 Å². The van der Waals surface area contributed by atoms with Crippen molar-refractivity contribution < 1.29 is 9.47 Å². The predicted octanol–water partition coefficient (Wildman–Crippen LogP) is 2.43. The van der Waals surface area contributed by atoms with Gasteiger partial charge < -0.3 is 9.47 Å². The summed E-state index contributed by atoms with van der Waals surface area (Å²) in [6.45, 7) is 4.29. The Labute approximate surface area is 128 Å². The molecule has 2 rings (SSSR count). The predicted molar refractivity (Wildman–Crippen MR) is 84.9 cm³/mol. The molecule has 0 bridgehead atoms. The Kier molecular flexibility index (Phi) is 6.64. The summed E-state index contributed by atoms with van der Waals surface area (Å²) in [4.78, 5) is 0. The van der Waals surface area contributed by atoms with Crippen molar-refractivity contribution in [1.29, 1.82) is 0 Å². The summed E-state index contributed by atoms with van der Waals surface area (Å²) in [6, 6.07) is 10.8. The van der Waals surface area contributed by atoms with Gasteiger partial charge in [-0.1, -0.05) is 30.3 Å². The molecule has 3 N–H and O–H groups in total. The molecule has 1 heterocycles. The van der Waals surface area contributed by atoms with E-state index in [4.69, 9.17) is 15.3 Å². The van der Waals surface area contributed by atoms with Crippen molar-refractivity contribution in [2.75, 3.05) is 19.8 Å². The molecular weight excluding hydrogens is 264 g/mol. The summed E-state index contributed by atoms with van der Waals surface area (Å²) in [5, 5.41) is 0. The van der Waals surface area contributed by atoms with Crippen molar-refractivity contribution in [1.82, 2.24) is 5.43 Å². The van der Waals surface area contributed by atoms with Gasteiger partial charge in [0, 0.05) is 32.7 Å². The number of nitrogens with one attached hydrogen (secondary N) is 1. The first kappa shape index (κ1) is 16.4. The smallest absolute Gasteiger partial charge is 0.0891 e. The average molecular weight is 292 g/mol. The molecule has 1 atom stereocenters. The SMILES string of the molecule is CCOC1(C(CCCc2ccccc2)NN)CCOCC1. The quantitative estimate of drug-likeness (QED) is 0.571. The third-order valence-corrected chi connectivity index (χ3v) is 4.41. The van der Waals surface area contributed by atoms with Crippen LogP contribution in [0.2, 0.25) is 0 Å². The van der Waals surface area contributed by atoms with Crippen LogP contribution in [0.4, 0.5) is 0 Å². The lowest BCUT2D eigenvalue weighted by Gasteiger charge is -2.43. The summed E-state index contributed by atoms with van der Waals surface area (Å²) in [6.07, 6.45) is 5.04. The van der Waals surface area contributed by atoms with Crippen LogP contribution in [0.3, 0.4) is 0 Å². The van der Waals surface area contributed by atoms with Crippen molar-refractivity contribution in [2.24, 2.45) is 5.84 Å². The van der Waals surface area contributed by atoms with E-state index in [0.717, 1.165) is 51.9 Å². The first-order valence-electron chi connectivity index (χ1n) is 8.02. The zero-order chi connectivity index (χ0) is 15.0. The van der Waals surface area contributed by atoms with Crippen molar-refractivity contribution in [3.63, 3.8) is 0 Å². The van der Waals surface area contributed by atoms with Crippen LogP contribution in [0.25, 0.3) is 0 Å². The molecule has 1 aromatic rings. The lowest BCUT2D eigenvalue weighted by molar-refractivity contribution is -0.128. The number of nitrogens with two attached hydrogens (primary N) is 1. The Morgan fingerprint density at radius 1 is 1.29 bits per heavy atom. The fourth-order valence-corrected chi connectivity index (χ4v) is 3.25. The van der Waals surface area contributed by atoms with E-state index in [9.17, 15) is 0 Å². The Bertz CT molecular complexity index is 386. The Balaban J connectivity index is 1.90. The van der Waals surface area contributed by atoms with Gasteiger partial charge in [0.05, 0.1) is 11.6 Å². The molecule has 0 amide bonds. The first-order valence-corrected chi connectivity index (χ1v) is 8.02. The largest absolute Gasteiger partial charge is 0.381 e. The van der Waals surface area contributed by atoms with Crippen molar-refractivity contribution in [2.45, 2.75) is 50.7 Å². The molecule has 21 heavy (non-hydrogen) atoms. The maximum absolute atomic E-state index is 6.10. The van der Waals surface area contributed by atoms with E-state index in [0.29, 0.717) is 0 Å². The number of benzene rings is 1. The third kappa shape index (κ3) is 4.51. The van der Waals surface area contributed by atoms with Crippen molar-refractivity contribution in [3.05, 3.63) is 35.9 Å². The highest BCUT2D eigenvalue weighted by Gasteiger charge is 2.40. The van der Waals surface area contributed by atoms with E-state index in [1.807, 2.05) is 0 Å². The van der Waals surface area contributed by atoms with Crippen LogP contribution in [-0.4, -0.2) is 31.5 Å². The molecule has 1 fully saturated rings. The fraction of sp³-hybridized carbons (Fsp3) is 0.647. The molecule has 0 spiro atoms. The number of hydrazine groups is 1. The lowest BCUT2D eigenvalue weighted by atomic mass is 9.83. The Hall–Kier alpha value is -0.940. The molecule has 0 radical (unpaired) electrons. The minimum Gasteiger partial charge on any atom is -0.381 e. The van der Waals surface area contributed by atoms with Crippen LogP contribution >= 0.6 is 0 Å². The van der Waals surface area contributed by atoms with Gasteiger partial charge in [0.15, 0.2) is 0 Å². The number of rotatable bonds is 8. The van der Waals surface area contributed by atoms with Crippen LogP contribution in [0.5, 0.6) is 0 Å². The second-order valence-electron chi connectivity index (χ2n) is 5.71. The maximum atomic E-state index is 6.10. The van der Waals surface area contributed by atoms with Gasteiger partial charge in [-0.15, -0.1) is 0 Å². The fourth-order valence-electron chi connectivity index (χ4n) is 3.25. The number of hydrogen-bond acceptors (Lipinski definition) is 4. The number of ether oxygens (including phenoxy) is 2. The second-order valence-corrected chi connectivity index (χ2v) is 5.71. The summed E-state index contributed by atoms with van der Waals surface area (Å²) in [7, 11) is 0. The lowest BCUT2D eigenvalue weighted by Crippen LogP contribution is -2.57.